The Balaban J connectivity index is 0.918. The van der Waals surface area contributed by atoms with Crippen LogP contribution in [-0.2, 0) is 19.1 Å². The van der Waals surface area contributed by atoms with Gasteiger partial charge in [0, 0.05) is 19.0 Å². The molecule has 3 atom stereocenters. The maximum atomic E-state index is 13.6. The molecule has 2 aliphatic carbocycles. The second-order valence-corrected chi connectivity index (χ2v) is 14.6. The summed E-state index contributed by atoms with van der Waals surface area (Å²) in [6.07, 6.45) is 9.10. The second-order valence-electron chi connectivity index (χ2n) is 14.6. The highest BCUT2D eigenvalue weighted by Gasteiger charge is 2.43. The summed E-state index contributed by atoms with van der Waals surface area (Å²) in [6, 6.07) is 15.6. The van der Waals surface area contributed by atoms with Crippen LogP contribution in [0.15, 0.2) is 65.9 Å². The summed E-state index contributed by atoms with van der Waals surface area (Å²) in [7, 11) is 2.57. The van der Waals surface area contributed by atoms with Gasteiger partial charge in [0.25, 0.3) is 5.91 Å². The minimum Gasteiger partial charge on any atom is -0.453 e. The molecule has 3 N–H and O–H groups in total. The predicted octanol–water partition coefficient (Wildman–Crippen LogP) is 6.21. The van der Waals surface area contributed by atoms with Gasteiger partial charge in [-0.05, 0) is 79.5 Å². The van der Waals surface area contributed by atoms with Crippen LogP contribution in [-0.4, -0.2) is 92.8 Å². The number of alkyl carbamates (subject to hydrolysis) is 1. The fraction of sp³-hybridized carbons (Fsp3) is 0.425. The van der Waals surface area contributed by atoms with Gasteiger partial charge in [0.05, 0.1) is 50.1 Å². The minimum atomic E-state index is -0.746. The molecule has 2 aromatic carbocycles. The number of likely N-dealkylation sites (tertiary alicyclic amines) is 2. The van der Waals surface area contributed by atoms with Gasteiger partial charge in [-0.2, -0.15) is 4.99 Å². The number of amides is 4. The quantitative estimate of drug-likeness (QED) is 0.161. The summed E-state index contributed by atoms with van der Waals surface area (Å²) >= 11 is 0. The van der Waals surface area contributed by atoms with Crippen LogP contribution in [0.25, 0.3) is 33.6 Å². The van der Waals surface area contributed by atoms with Gasteiger partial charge in [0.15, 0.2) is 0 Å². The zero-order chi connectivity index (χ0) is 37.3. The average molecular weight is 733 g/mol. The van der Waals surface area contributed by atoms with E-state index < -0.39 is 18.2 Å². The Bertz CT molecular complexity index is 2060. The lowest BCUT2D eigenvalue weighted by Gasteiger charge is -2.28. The van der Waals surface area contributed by atoms with Gasteiger partial charge in [0.1, 0.15) is 23.4 Å². The lowest BCUT2D eigenvalue weighted by atomic mass is 10.0. The van der Waals surface area contributed by atoms with Crippen molar-refractivity contribution in [3.8, 4) is 33.6 Å². The Morgan fingerprint density at radius 2 is 1.24 bits per heavy atom. The first-order valence-corrected chi connectivity index (χ1v) is 18.7. The molecule has 8 rings (SSSR count). The number of hydrogen-bond donors (Lipinski definition) is 3. The number of rotatable bonds is 10. The number of hydrogen-bond acceptors (Lipinski definition) is 8. The van der Waals surface area contributed by atoms with Crippen LogP contribution in [0.5, 0.6) is 0 Å². The topological polar surface area (TPSA) is 175 Å². The third-order valence-electron chi connectivity index (χ3n) is 11.0. The van der Waals surface area contributed by atoms with Crippen molar-refractivity contribution in [1.82, 2.24) is 35.1 Å². The Morgan fingerprint density at radius 3 is 1.74 bits per heavy atom. The van der Waals surface area contributed by atoms with Crippen LogP contribution in [0.3, 0.4) is 0 Å². The van der Waals surface area contributed by atoms with Crippen LogP contribution in [0, 0.1) is 11.8 Å². The van der Waals surface area contributed by atoms with E-state index in [0.717, 1.165) is 96.7 Å². The number of benzene rings is 2. The number of aromatic amines is 2. The summed E-state index contributed by atoms with van der Waals surface area (Å²) in [5.74, 6) is 1.32. The number of methoxy groups -OCH3 is 2. The molecule has 2 aromatic heterocycles. The summed E-state index contributed by atoms with van der Waals surface area (Å²) in [5.41, 5.74) is 6.10. The summed E-state index contributed by atoms with van der Waals surface area (Å²) < 4.78 is 9.48. The highest BCUT2D eigenvalue weighted by atomic mass is 16.5. The molecule has 280 valence electrons. The Labute approximate surface area is 312 Å². The second kappa shape index (κ2) is 14.9. The van der Waals surface area contributed by atoms with E-state index in [0.29, 0.717) is 13.1 Å². The molecule has 2 saturated heterocycles. The van der Waals surface area contributed by atoms with Gasteiger partial charge in [-0.15, -0.1) is 0 Å². The third kappa shape index (κ3) is 7.24. The molecule has 2 aliphatic heterocycles. The molecule has 4 aliphatic rings. The SMILES string of the molecule is COC(=O)N=C(C(=O)N1CCC[C@@H]1c1ncc(-c2ccc(-c3ccc(-c4cnc([C@H]5CCCN5C(=O)[C@H](NC(=O)OC)C5CC5)[nH]4)cc3)cc2)[nH]1)C1CC1. The van der Waals surface area contributed by atoms with Crippen molar-refractivity contribution >= 4 is 29.7 Å². The van der Waals surface area contributed by atoms with Crippen molar-refractivity contribution in [3.05, 3.63) is 72.6 Å². The van der Waals surface area contributed by atoms with Crippen LogP contribution in [0.1, 0.15) is 75.1 Å². The van der Waals surface area contributed by atoms with E-state index in [-0.39, 0.29) is 41.4 Å². The number of aliphatic imine (C=N–C) groups is 1. The molecular weight excluding hydrogens is 688 g/mol. The highest BCUT2D eigenvalue weighted by molar-refractivity contribution is 6.41. The molecule has 14 heteroatoms. The first-order chi connectivity index (χ1) is 26.3. The first-order valence-electron chi connectivity index (χ1n) is 18.7. The van der Waals surface area contributed by atoms with Gasteiger partial charge < -0.3 is 34.6 Å². The number of H-pyrrole nitrogens is 2. The molecule has 4 aromatic rings. The molecule has 0 radical (unpaired) electrons. The van der Waals surface area contributed by atoms with Gasteiger partial charge in [0.2, 0.25) is 5.91 Å². The molecule has 0 spiro atoms. The van der Waals surface area contributed by atoms with Crippen molar-refractivity contribution in [2.45, 2.75) is 69.5 Å². The maximum Gasteiger partial charge on any atom is 0.433 e. The molecule has 2 saturated carbocycles. The van der Waals surface area contributed by atoms with E-state index in [1.165, 1.54) is 14.2 Å². The predicted molar refractivity (Wildman–Crippen MR) is 199 cm³/mol. The standard InChI is InChI=1S/C40H44N8O6/c1-53-39(51)45-33(27-15-16-27)37(49)47-19-3-5-31(47)35-41-21-29(43-35)25-11-7-23(8-12-25)24-9-13-26(14-10-24)30-22-42-36(44-30)32-6-4-20-48(32)38(50)34(28-17-18-28)46-40(52)54-2/h7-14,21-22,27-28,31-33H,3-6,15-20H2,1-2H3,(H,41,43)(H,42,44)(H,45,51)/t31-,32-,33-/m1/s1. The molecule has 54 heavy (non-hydrogen) atoms. The van der Waals surface area contributed by atoms with E-state index in [4.69, 9.17) is 9.47 Å². The molecule has 0 bridgehead atoms. The smallest absolute Gasteiger partial charge is 0.433 e. The van der Waals surface area contributed by atoms with Crippen molar-refractivity contribution < 1.29 is 28.7 Å². The van der Waals surface area contributed by atoms with Gasteiger partial charge in [-0.25, -0.2) is 19.6 Å². The first kappa shape index (κ1) is 35.3. The normalized spacial score (nSPS) is 20.5. The van der Waals surface area contributed by atoms with Crippen LogP contribution in [0.2, 0.25) is 0 Å². The maximum absolute atomic E-state index is 13.6. The summed E-state index contributed by atoms with van der Waals surface area (Å²) in [4.78, 5) is 74.7. The van der Waals surface area contributed by atoms with Crippen molar-refractivity contribution in [2.75, 3.05) is 27.3 Å². The number of carbonyl (C=O) groups is 4. The van der Waals surface area contributed by atoms with Crippen LogP contribution >= 0.6 is 0 Å². The van der Waals surface area contributed by atoms with E-state index in [1.807, 2.05) is 11.1 Å². The Morgan fingerprint density at radius 1 is 0.722 bits per heavy atom. The Kier molecular flexibility index (Phi) is 9.74. The van der Waals surface area contributed by atoms with E-state index in [9.17, 15) is 19.2 Å². The lowest BCUT2D eigenvalue weighted by molar-refractivity contribution is -0.135. The minimum absolute atomic E-state index is 0.00858. The average Bonchev–Trinajstić information content (AvgIpc) is 3.92. The van der Waals surface area contributed by atoms with Crippen LogP contribution < -0.4 is 5.32 Å². The van der Waals surface area contributed by atoms with Crippen molar-refractivity contribution in [1.29, 1.82) is 0 Å². The van der Waals surface area contributed by atoms with E-state index in [1.54, 1.807) is 11.1 Å². The van der Waals surface area contributed by atoms with E-state index >= 15 is 0 Å². The zero-order valence-electron chi connectivity index (χ0n) is 30.4. The van der Waals surface area contributed by atoms with Gasteiger partial charge in [-0.1, -0.05) is 48.5 Å². The number of ether oxygens (including phenoxy) is 2. The highest BCUT2D eigenvalue weighted by Crippen LogP contribution is 2.39. The number of nitrogens with one attached hydrogen (secondary N) is 3. The lowest BCUT2D eigenvalue weighted by Crippen LogP contribution is -2.49. The van der Waals surface area contributed by atoms with Gasteiger partial charge in [-0.3, -0.25) is 9.59 Å². The largest absolute Gasteiger partial charge is 0.453 e. The number of imidazole rings is 2. The summed E-state index contributed by atoms with van der Waals surface area (Å²) in [6.45, 7) is 1.21. The summed E-state index contributed by atoms with van der Waals surface area (Å²) in [5, 5.41) is 2.75. The molecule has 0 unspecified atom stereocenters. The molecule has 14 nitrogen and oxygen atoms in total. The fourth-order valence-electron chi connectivity index (χ4n) is 7.74. The van der Waals surface area contributed by atoms with Gasteiger partial charge >= 0.3 is 12.2 Å². The Hall–Kier alpha value is -5.79. The number of aromatic nitrogens is 4. The number of nitrogens with zero attached hydrogens (tertiary/aromatic N) is 5. The molecule has 4 fully saturated rings. The molecule has 4 heterocycles. The molecule has 4 amide bonds. The van der Waals surface area contributed by atoms with E-state index in [2.05, 4.69) is 78.8 Å². The monoisotopic (exact) mass is 732 g/mol. The third-order valence-corrected chi connectivity index (χ3v) is 11.0. The van der Waals surface area contributed by atoms with Crippen molar-refractivity contribution in [3.63, 3.8) is 0 Å². The number of carbonyl (C=O) groups excluding carboxylic acids is 4. The van der Waals surface area contributed by atoms with Crippen LogP contribution in [0.4, 0.5) is 9.59 Å². The fourth-order valence-corrected chi connectivity index (χ4v) is 7.74. The molecular formula is C40H44N8O6. The zero-order valence-corrected chi connectivity index (χ0v) is 30.4. The van der Waals surface area contributed by atoms with Crippen molar-refractivity contribution in [2.24, 2.45) is 16.8 Å².